The lowest BCUT2D eigenvalue weighted by atomic mass is 10.2. The average molecular weight is 386 g/mol. The average Bonchev–Trinajstić information content (AvgIpc) is 3.11. The fourth-order valence-electron chi connectivity index (χ4n) is 2.30. The van der Waals surface area contributed by atoms with Crippen molar-refractivity contribution >= 4 is 29.0 Å². The summed E-state index contributed by atoms with van der Waals surface area (Å²) in [7, 11) is 0. The van der Waals surface area contributed by atoms with Gasteiger partial charge in [-0.3, -0.25) is 14.9 Å². The summed E-state index contributed by atoms with van der Waals surface area (Å²) < 4.78 is 13.0. The van der Waals surface area contributed by atoms with Crippen LogP contribution < -0.4 is 5.32 Å². The largest absolute Gasteiger partial charge is 0.333 e. The number of nitrogens with one attached hydrogen (secondary N) is 2. The molecule has 9 heteroatoms. The maximum atomic E-state index is 13.0. The van der Waals surface area contributed by atoms with E-state index >= 15 is 0 Å². The monoisotopic (exact) mass is 386 g/mol. The summed E-state index contributed by atoms with van der Waals surface area (Å²) in [4.78, 5) is 29.9. The molecule has 0 aliphatic carbocycles. The van der Waals surface area contributed by atoms with Gasteiger partial charge in [0.1, 0.15) is 5.82 Å². The highest BCUT2D eigenvalue weighted by atomic mass is 32.2. The van der Waals surface area contributed by atoms with Gasteiger partial charge in [0.05, 0.1) is 22.1 Å². The Morgan fingerprint density at radius 1 is 1.30 bits per heavy atom. The molecule has 0 saturated heterocycles. The number of hydrogen-bond acceptors (Lipinski definition) is 5. The van der Waals surface area contributed by atoms with Crippen molar-refractivity contribution in [2.45, 2.75) is 17.3 Å². The number of aromatic nitrogens is 2. The lowest BCUT2D eigenvalue weighted by Gasteiger charge is -2.10. The first kappa shape index (κ1) is 18.6. The molecule has 0 spiro atoms. The van der Waals surface area contributed by atoms with E-state index in [0.717, 1.165) is 5.56 Å². The van der Waals surface area contributed by atoms with E-state index in [0.29, 0.717) is 16.5 Å². The van der Waals surface area contributed by atoms with Crippen LogP contribution in [0, 0.1) is 15.9 Å². The van der Waals surface area contributed by atoms with Crippen molar-refractivity contribution in [1.82, 2.24) is 9.97 Å². The van der Waals surface area contributed by atoms with E-state index in [4.69, 9.17) is 0 Å². The summed E-state index contributed by atoms with van der Waals surface area (Å²) in [5, 5.41) is 13.5. The van der Waals surface area contributed by atoms with Crippen LogP contribution >= 0.6 is 11.8 Å². The van der Waals surface area contributed by atoms with E-state index in [-0.39, 0.29) is 17.4 Å². The standard InChI is InChI=1S/C18H15FN4O3S/c1-11(17(24)21-14-3-2-4-15(9-14)23(25)26)27-18-20-10-16(22-18)12-5-7-13(19)8-6-12/h2-11H,1H3,(H,20,22)(H,21,24)/t11-/m0/s1. The van der Waals surface area contributed by atoms with E-state index in [9.17, 15) is 19.3 Å². The molecule has 1 aromatic heterocycles. The van der Waals surface area contributed by atoms with Crippen LogP contribution in [-0.2, 0) is 4.79 Å². The van der Waals surface area contributed by atoms with Crippen LogP contribution in [0.4, 0.5) is 15.8 Å². The van der Waals surface area contributed by atoms with Gasteiger partial charge in [0.2, 0.25) is 5.91 Å². The second-order valence-corrected chi connectivity index (χ2v) is 7.00. The number of amides is 1. The Hall–Kier alpha value is -3.20. The van der Waals surface area contributed by atoms with Gasteiger partial charge in [-0.2, -0.15) is 0 Å². The quantitative estimate of drug-likeness (QED) is 0.375. The highest BCUT2D eigenvalue weighted by molar-refractivity contribution is 8.00. The van der Waals surface area contributed by atoms with Crippen molar-refractivity contribution in [1.29, 1.82) is 0 Å². The molecule has 1 atom stereocenters. The number of non-ortho nitro benzene ring substituents is 1. The molecule has 0 unspecified atom stereocenters. The van der Waals surface area contributed by atoms with E-state index in [2.05, 4.69) is 15.3 Å². The molecule has 0 bridgehead atoms. The molecule has 138 valence electrons. The number of aromatic amines is 1. The number of carbonyl (C=O) groups is 1. The number of hydrogen-bond donors (Lipinski definition) is 2. The number of rotatable bonds is 6. The maximum Gasteiger partial charge on any atom is 0.271 e. The number of nitrogens with zero attached hydrogens (tertiary/aromatic N) is 2. The Morgan fingerprint density at radius 2 is 2.04 bits per heavy atom. The molecule has 0 fully saturated rings. The Bertz CT molecular complexity index is 975. The van der Waals surface area contributed by atoms with E-state index in [1.807, 2.05) is 0 Å². The summed E-state index contributed by atoms with van der Waals surface area (Å²) >= 11 is 1.21. The molecule has 27 heavy (non-hydrogen) atoms. The zero-order valence-electron chi connectivity index (χ0n) is 14.2. The first-order valence-corrected chi connectivity index (χ1v) is 8.83. The number of H-pyrrole nitrogens is 1. The third kappa shape index (κ3) is 4.70. The topological polar surface area (TPSA) is 101 Å². The molecule has 3 aromatic rings. The number of thioether (sulfide) groups is 1. The summed E-state index contributed by atoms with van der Waals surface area (Å²) in [5.74, 6) is -0.625. The first-order chi connectivity index (χ1) is 12.9. The van der Waals surface area contributed by atoms with Gasteiger partial charge in [-0.25, -0.2) is 9.37 Å². The van der Waals surface area contributed by atoms with Gasteiger partial charge in [0.15, 0.2) is 5.16 Å². The van der Waals surface area contributed by atoms with Gasteiger partial charge in [-0.05, 0) is 42.8 Å². The predicted octanol–water partition coefficient (Wildman–Crippen LogP) is 4.24. The van der Waals surface area contributed by atoms with Crippen LogP contribution in [0.2, 0.25) is 0 Å². The van der Waals surface area contributed by atoms with Crippen molar-refractivity contribution in [2.75, 3.05) is 5.32 Å². The number of nitro benzene ring substituents is 1. The van der Waals surface area contributed by atoms with Gasteiger partial charge in [-0.1, -0.05) is 17.8 Å². The number of carbonyl (C=O) groups excluding carboxylic acids is 1. The maximum absolute atomic E-state index is 13.0. The van der Waals surface area contributed by atoms with Crippen molar-refractivity contribution in [3.8, 4) is 11.3 Å². The van der Waals surface area contributed by atoms with E-state index in [1.165, 1.54) is 42.1 Å². The molecule has 0 radical (unpaired) electrons. The molecule has 0 saturated carbocycles. The fourth-order valence-corrected chi connectivity index (χ4v) is 3.08. The van der Waals surface area contributed by atoms with Gasteiger partial charge in [-0.15, -0.1) is 0 Å². The second kappa shape index (κ2) is 8.00. The van der Waals surface area contributed by atoms with Crippen molar-refractivity contribution in [2.24, 2.45) is 0 Å². The zero-order chi connectivity index (χ0) is 19.4. The number of halogens is 1. The third-order valence-corrected chi connectivity index (χ3v) is 4.69. The van der Waals surface area contributed by atoms with E-state index < -0.39 is 10.2 Å². The van der Waals surface area contributed by atoms with Crippen LogP contribution in [0.3, 0.4) is 0 Å². The van der Waals surface area contributed by atoms with E-state index in [1.54, 1.807) is 31.3 Å². The fraction of sp³-hybridized carbons (Fsp3) is 0.111. The van der Waals surface area contributed by atoms with Crippen molar-refractivity contribution < 1.29 is 14.1 Å². The lowest BCUT2D eigenvalue weighted by Crippen LogP contribution is -2.22. The molecule has 1 amide bonds. The zero-order valence-corrected chi connectivity index (χ0v) is 15.0. The molecule has 2 aromatic carbocycles. The molecule has 1 heterocycles. The summed E-state index contributed by atoms with van der Waals surface area (Å²) in [6.07, 6.45) is 1.61. The van der Waals surface area contributed by atoms with Gasteiger partial charge < -0.3 is 10.3 Å². The summed E-state index contributed by atoms with van der Waals surface area (Å²) in [6, 6.07) is 11.7. The van der Waals surface area contributed by atoms with Crippen LogP contribution in [0.15, 0.2) is 59.9 Å². The third-order valence-electron chi connectivity index (χ3n) is 3.69. The smallest absolute Gasteiger partial charge is 0.271 e. The highest BCUT2D eigenvalue weighted by Gasteiger charge is 2.17. The predicted molar refractivity (Wildman–Crippen MR) is 101 cm³/mol. The Kier molecular flexibility index (Phi) is 5.51. The minimum absolute atomic E-state index is 0.0944. The SMILES string of the molecule is C[C@H](Sc1ncc(-c2ccc(F)cc2)[nH]1)C(=O)Nc1cccc([N+](=O)[O-])c1. The molecule has 0 aliphatic rings. The van der Waals surface area contributed by atoms with Crippen LogP contribution in [-0.4, -0.2) is 26.0 Å². The summed E-state index contributed by atoms with van der Waals surface area (Å²) in [5.41, 5.74) is 1.75. The molecule has 7 nitrogen and oxygen atoms in total. The van der Waals surface area contributed by atoms with Gasteiger partial charge in [0, 0.05) is 17.8 Å². The van der Waals surface area contributed by atoms with Gasteiger partial charge >= 0.3 is 0 Å². The minimum atomic E-state index is -0.520. The first-order valence-electron chi connectivity index (χ1n) is 7.95. The number of imidazole rings is 1. The van der Waals surface area contributed by atoms with Crippen molar-refractivity contribution in [3.63, 3.8) is 0 Å². The van der Waals surface area contributed by atoms with Gasteiger partial charge in [0.25, 0.3) is 5.69 Å². The Morgan fingerprint density at radius 3 is 2.74 bits per heavy atom. The summed E-state index contributed by atoms with van der Waals surface area (Å²) in [6.45, 7) is 1.71. The Labute approximate surface area is 158 Å². The second-order valence-electron chi connectivity index (χ2n) is 5.67. The normalized spacial score (nSPS) is 11.8. The van der Waals surface area contributed by atoms with Crippen LogP contribution in [0.25, 0.3) is 11.3 Å². The number of anilines is 1. The minimum Gasteiger partial charge on any atom is -0.333 e. The number of nitro groups is 1. The molecule has 0 aliphatic heterocycles. The Balaban J connectivity index is 1.64. The number of benzene rings is 2. The van der Waals surface area contributed by atoms with Crippen molar-refractivity contribution in [3.05, 3.63) is 70.7 Å². The lowest BCUT2D eigenvalue weighted by molar-refractivity contribution is -0.384. The van der Waals surface area contributed by atoms with Crippen LogP contribution in [0.5, 0.6) is 0 Å². The molecular weight excluding hydrogens is 371 g/mol. The molecular formula is C18H15FN4O3S. The highest BCUT2D eigenvalue weighted by Crippen LogP contribution is 2.26. The molecule has 2 N–H and O–H groups in total. The van der Waals surface area contributed by atoms with Crippen LogP contribution in [0.1, 0.15) is 6.92 Å². The molecule has 3 rings (SSSR count).